The Hall–Kier alpha value is -0.160. The van der Waals surface area contributed by atoms with Crippen molar-refractivity contribution in [3.8, 4) is 0 Å². The molecule has 2 rings (SSSR count). The van der Waals surface area contributed by atoms with Gasteiger partial charge in [0.25, 0.3) is 0 Å². The van der Waals surface area contributed by atoms with Crippen LogP contribution in [-0.4, -0.2) is 6.54 Å². The molecule has 1 nitrogen and oxygen atoms in total. The lowest BCUT2D eigenvalue weighted by atomic mass is 10.1. The Morgan fingerprint density at radius 3 is 2.37 bits per heavy atom. The van der Waals surface area contributed by atoms with E-state index in [2.05, 4.69) is 61.1 Å². The lowest BCUT2D eigenvalue weighted by Crippen LogP contribution is -2.22. The zero-order chi connectivity index (χ0) is 14.0. The van der Waals surface area contributed by atoms with Gasteiger partial charge in [-0.1, -0.05) is 6.92 Å². The fraction of sp³-hybridized carbons (Fsp3) is 0.467. The molecule has 0 saturated heterocycles. The van der Waals surface area contributed by atoms with Gasteiger partial charge in [0.05, 0.1) is 9.83 Å². The van der Waals surface area contributed by atoms with E-state index < -0.39 is 0 Å². The molecule has 1 unspecified atom stereocenters. The summed E-state index contributed by atoms with van der Waals surface area (Å²) >= 11 is 7.40. The van der Waals surface area contributed by atoms with Gasteiger partial charge in [0, 0.05) is 14.6 Å². The zero-order valence-corrected chi connectivity index (χ0v) is 15.1. The van der Waals surface area contributed by atoms with Crippen LogP contribution in [0.25, 0.3) is 0 Å². The van der Waals surface area contributed by atoms with Gasteiger partial charge >= 0.3 is 0 Å². The molecular weight excluding hydrogens is 338 g/mol. The topological polar surface area (TPSA) is 12.0 Å². The van der Waals surface area contributed by atoms with Crippen molar-refractivity contribution >= 4 is 38.6 Å². The van der Waals surface area contributed by atoms with Crippen LogP contribution >= 0.6 is 38.6 Å². The summed E-state index contributed by atoms with van der Waals surface area (Å²) in [4.78, 5) is 4.26. The minimum absolute atomic E-state index is 0.341. The second-order valence-corrected chi connectivity index (χ2v) is 8.59. The molecule has 0 aliphatic heterocycles. The third-order valence-corrected chi connectivity index (χ3v) is 6.52. The first-order valence-electron chi connectivity index (χ1n) is 6.59. The van der Waals surface area contributed by atoms with Crippen LogP contribution in [0.15, 0.2) is 15.9 Å². The van der Waals surface area contributed by atoms with Crippen molar-refractivity contribution in [3.63, 3.8) is 0 Å². The van der Waals surface area contributed by atoms with E-state index in [-0.39, 0.29) is 0 Å². The monoisotopic (exact) mass is 357 g/mol. The minimum Gasteiger partial charge on any atom is -0.305 e. The number of hydrogen-bond acceptors (Lipinski definition) is 3. The minimum atomic E-state index is 0.341. The third-order valence-electron chi connectivity index (χ3n) is 3.10. The first-order valence-corrected chi connectivity index (χ1v) is 9.01. The van der Waals surface area contributed by atoms with Crippen LogP contribution in [0.1, 0.15) is 45.1 Å². The molecule has 0 aliphatic rings. The van der Waals surface area contributed by atoms with Gasteiger partial charge in [-0.05, 0) is 72.9 Å². The van der Waals surface area contributed by atoms with Crippen LogP contribution in [0.5, 0.6) is 0 Å². The molecule has 0 saturated carbocycles. The smallest absolute Gasteiger partial charge is 0.0768 e. The summed E-state index contributed by atoms with van der Waals surface area (Å²) in [7, 11) is 0. The molecule has 104 valence electrons. The van der Waals surface area contributed by atoms with Crippen LogP contribution in [0.3, 0.4) is 0 Å². The number of halogens is 1. The van der Waals surface area contributed by atoms with Crippen LogP contribution in [-0.2, 0) is 0 Å². The molecule has 1 atom stereocenters. The van der Waals surface area contributed by atoms with E-state index in [4.69, 9.17) is 0 Å². The van der Waals surface area contributed by atoms with Crippen LogP contribution in [0, 0.1) is 20.8 Å². The summed E-state index contributed by atoms with van der Waals surface area (Å²) in [5, 5.41) is 3.70. The van der Waals surface area contributed by atoms with E-state index in [1.54, 1.807) is 0 Å². The number of nitrogens with one attached hydrogen (secondary N) is 1. The molecule has 4 heteroatoms. The predicted molar refractivity (Wildman–Crippen MR) is 90.7 cm³/mol. The normalized spacial score (nSPS) is 12.9. The summed E-state index contributed by atoms with van der Waals surface area (Å²) in [6.07, 6.45) is 1.16. The van der Waals surface area contributed by atoms with E-state index in [1.165, 1.54) is 29.5 Å². The van der Waals surface area contributed by atoms with Crippen molar-refractivity contribution in [2.45, 2.75) is 40.2 Å². The maximum atomic E-state index is 3.70. The Bertz CT molecular complexity index is 537. The van der Waals surface area contributed by atoms with Gasteiger partial charge in [0.15, 0.2) is 0 Å². The van der Waals surface area contributed by atoms with Crippen LogP contribution < -0.4 is 5.32 Å². The van der Waals surface area contributed by atoms with E-state index >= 15 is 0 Å². The van der Waals surface area contributed by atoms with Crippen LogP contribution in [0.4, 0.5) is 0 Å². The van der Waals surface area contributed by atoms with Crippen molar-refractivity contribution in [1.82, 2.24) is 5.32 Å². The number of aryl methyl sites for hydroxylation is 3. The molecular formula is C15H20BrNS2. The fourth-order valence-corrected chi connectivity index (χ4v) is 5.05. The van der Waals surface area contributed by atoms with Crippen LogP contribution in [0.2, 0.25) is 0 Å². The fourth-order valence-electron chi connectivity index (χ4n) is 2.18. The summed E-state index contributed by atoms with van der Waals surface area (Å²) < 4.78 is 1.25. The van der Waals surface area contributed by atoms with Gasteiger partial charge in [-0.15, -0.1) is 22.7 Å². The lowest BCUT2D eigenvalue weighted by Gasteiger charge is -2.17. The molecule has 2 aromatic rings. The second kappa shape index (κ2) is 6.53. The Morgan fingerprint density at radius 1 is 1.16 bits per heavy atom. The molecule has 0 amide bonds. The molecule has 2 heterocycles. The van der Waals surface area contributed by atoms with Gasteiger partial charge in [-0.25, -0.2) is 0 Å². The molecule has 0 aliphatic carbocycles. The first-order chi connectivity index (χ1) is 9.02. The summed E-state index contributed by atoms with van der Waals surface area (Å²) in [6.45, 7) is 9.83. The Balaban J connectivity index is 2.38. The van der Waals surface area contributed by atoms with Crippen molar-refractivity contribution in [2.75, 3.05) is 6.54 Å². The molecule has 0 spiro atoms. The molecule has 0 bridgehead atoms. The highest BCUT2D eigenvalue weighted by Gasteiger charge is 2.20. The van der Waals surface area contributed by atoms with Crippen molar-refractivity contribution in [1.29, 1.82) is 0 Å². The molecule has 0 fully saturated rings. The first kappa shape index (κ1) is 15.2. The lowest BCUT2D eigenvalue weighted by molar-refractivity contribution is 0.611. The maximum absolute atomic E-state index is 3.70. The number of hydrogen-bond donors (Lipinski definition) is 1. The average Bonchev–Trinajstić information content (AvgIpc) is 2.84. The third kappa shape index (κ3) is 3.48. The van der Waals surface area contributed by atoms with E-state index in [0.29, 0.717) is 6.04 Å². The largest absolute Gasteiger partial charge is 0.305 e. The SMILES string of the molecule is CCCNC(c1cc(C)c(Br)s1)c1sc(C)cc1C. The van der Waals surface area contributed by atoms with Gasteiger partial charge in [-0.3, -0.25) is 0 Å². The van der Waals surface area contributed by atoms with Crippen molar-refractivity contribution < 1.29 is 0 Å². The molecule has 1 N–H and O–H groups in total. The summed E-state index contributed by atoms with van der Waals surface area (Å²) in [6, 6.07) is 4.93. The number of thiophene rings is 2. The van der Waals surface area contributed by atoms with Gasteiger partial charge in [0.1, 0.15) is 0 Å². The van der Waals surface area contributed by atoms with E-state index in [0.717, 1.165) is 13.0 Å². The average molecular weight is 358 g/mol. The van der Waals surface area contributed by atoms with Gasteiger partial charge < -0.3 is 5.32 Å². The Morgan fingerprint density at radius 2 is 1.89 bits per heavy atom. The van der Waals surface area contributed by atoms with Crippen molar-refractivity contribution in [2.24, 2.45) is 0 Å². The maximum Gasteiger partial charge on any atom is 0.0768 e. The van der Waals surface area contributed by atoms with Gasteiger partial charge in [-0.2, -0.15) is 0 Å². The zero-order valence-electron chi connectivity index (χ0n) is 11.8. The number of rotatable bonds is 5. The van der Waals surface area contributed by atoms with E-state index in [1.807, 2.05) is 22.7 Å². The highest BCUT2D eigenvalue weighted by molar-refractivity contribution is 9.11. The summed E-state index contributed by atoms with van der Waals surface area (Å²) in [5.41, 5.74) is 2.73. The molecule has 0 aromatic carbocycles. The quantitative estimate of drug-likeness (QED) is 0.735. The van der Waals surface area contributed by atoms with E-state index in [9.17, 15) is 0 Å². The molecule has 0 radical (unpaired) electrons. The standard InChI is InChI=1S/C15H20BrNS2/c1-5-6-17-13(12-8-10(3)15(16)19-12)14-9(2)7-11(4)18-14/h7-8,13,17H,5-6H2,1-4H3. The molecule has 2 aromatic heterocycles. The second-order valence-electron chi connectivity index (χ2n) is 4.90. The Labute approximate surface area is 132 Å². The highest BCUT2D eigenvalue weighted by Crippen LogP contribution is 2.38. The Kier molecular flexibility index (Phi) is 5.23. The molecule has 19 heavy (non-hydrogen) atoms. The highest BCUT2D eigenvalue weighted by atomic mass is 79.9. The summed E-state index contributed by atoms with van der Waals surface area (Å²) in [5.74, 6) is 0. The predicted octanol–water partition coefficient (Wildman–Crippen LogP) is 5.59. The van der Waals surface area contributed by atoms with Gasteiger partial charge in [0.2, 0.25) is 0 Å². The van der Waals surface area contributed by atoms with Crippen molar-refractivity contribution in [3.05, 3.63) is 41.7 Å².